The van der Waals surface area contributed by atoms with E-state index in [9.17, 15) is 23.1 Å². The minimum Gasteiger partial charge on any atom is -0.384 e. The van der Waals surface area contributed by atoms with Crippen LogP contribution in [0.2, 0.25) is 0 Å². The van der Waals surface area contributed by atoms with Crippen LogP contribution in [0.15, 0.2) is 35.3 Å². The number of benzene rings is 1. The number of aliphatic hydroxyl groups is 1. The quantitative estimate of drug-likeness (QED) is 0.801. The molecule has 150 valence electrons. The van der Waals surface area contributed by atoms with Crippen LogP contribution in [0.4, 0.5) is 19.0 Å². The number of hydrogen-bond donors (Lipinski definition) is 2. The summed E-state index contributed by atoms with van der Waals surface area (Å²) in [5, 5.41) is 10.1. The summed E-state index contributed by atoms with van der Waals surface area (Å²) in [6, 6.07) is 5.73. The number of aliphatic hydroxyl groups excluding tert-OH is 1. The predicted octanol–water partition coefficient (Wildman–Crippen LogP) is 0.916. The third-order valence-corrected chi connectivity index (χ3v) is 5.18. The maximum atomic E-state index is 14.6. The molecule has 0 bridgehead atoms. The molecule has 10 heteroatoms. The van der Waals surface area contributed by atoms with Gasteiger partial charge in [-0.15, -0.1) is 0 Å². The summed E-state index contributed by atoms with van der Waals surface area (Å²) in [4.78, 5) is 17.2. The van der Waals surface area contributed by atoms with Gasteiger partial charge in [-0.3, -0.25) is 9.47 Å². The van der Waals surface area contributed by atoms with Crippen LogP contribution < -0.4 is 11.4 Å². The molecule has 3 N–H and O–H groups in total. The molecule has 3 heterocycles. The van der Waals surface area contributed by atoms with Crippen LogP contribution in [0.25, 0.3) is 0 Å². The van der Waals surface area contributed by atoms with Crippen molar-refractivity contribution in [2.24, 2.45) is 0 Å². The molecule has 1 aromatic carbocycles. The van der Waals surface area contributed by atoms with Crippen molar-refractivity contribution in [2.75, 3.05) is 18.8 Å². The molecule has 0 spiro atoms. The minimum absolute atomic E-state index is 0.0142. The Morgan fingerprint density at radius 3 is 2.86 bits per heavy atom. The first-order valence-electron chi connectivity index (χ1n) is 8.81. The molecule has 2 aromatic rings. The number of nitrogens with zero attached hydrogens (tertiary/aromatic N) is 3. The highest BCUT2D eigenvalue weighted by molar-refractivity contribution is 5.30. The number of rotatable bonds is 3. The van der Waals surface area contributed by atoms with E-state index in [0.29, 0.717) is 24.1 Å². The average molecular weight is 396 g/mol. The van der Waals surface area contributed by atoms with Gasteiger partial charge in [0.15, 0.2) is 0 Å². The van der Waals surface area contributed by atoms with Crippen LogP contribution in [0.1, 0.15) is 17.4 Å². The number of fused-ring (bicyclic) bond motifs is 1. The van der Waals surface area contributed by atoms with Gasteiger partial charge < -0.3 is 15.6 Å². The van der Waals surface area contributed by atoms with E-state index < -0.39 is 30.0 Å². The second kappa shape index (κ2) is 6.87. The number of hydrogen-bond acceptors (Lipinski definition) is 6. The van der Waals surface area contributed by atoms with E-state index in [0.717, 1.165) is 17.3 Å². The van der Waals surface area contributed by atoms with E-state index in [4.69, 9.17) is 10.5 Å². The van der Waals surface area contributed by atoms with Gasteiger partial charge in [0.05, 0.1) is 0 Å². The number of nitrogen functional groups attached to an aromatic ring is 1. The second-order valence-electron chi connectivity index (χ2n) is 7.09. The van der Waals surface area contributed by atoms with Crippen molar-refractivity contribution in [3.63, 3.8) is 0 Å². The SMILES string of the molecule is Nc1ccn([C@@H]2O[C@H](CN3CCc4ccc(F)cc4C3)[C@@H](O)C2(F)F)c(=O)n1. The number of aromatic nitrogens is 2. The molecular weight excluding hydrogens is 377 g/mol. The number of ether oxygens (including phenoxy) is 1. The van der Waals surface area contributed by atoms with Crippen LogP contribution in [-0.2, 0) is 17.7 Å². The molecule has 0 radical (unpaired) electrons. The Balaban J connectivity index is 1.52. The molecule has 4 rings (SSSR count). The predicted molar refractivity (Wildman–Crippen MR) is 93.2 cm³/mol. The zero-order valence-electron chi connectivity index (χ0n) is 14.8. The Bertz CT molecular complexity index is 952. The molecule has 7 nitrogen and oxygen atoms in total. The molecule has 1 fully saturated rings. The van der Waals surface area contributed by atoms with Gasteiger partial charge in [-0.2, -0.15) is 13.8 Å². The van der Waals surface area contributed by atoms with E-state index in [1.807, 2.05) is 4.90 Å². The molecule has 1 aromatic heterocycles. The number of nitrogens with two attached hydrogens (primary N) is 1. The monoisotopic (exact) mass is 396 g/mol. The van der Waals surface area contributed by atoms with Gasteiger partial charge in [0.2, 0.25) is 6.23 Å². The zero-order chi connectivity index (χ0) is 20.1. The number of anilines is 1. The molecule has 0 saturated carbocycles. The molecule has 28 heavy (non-hydrogen) atoms. The first-order chi connectivity index (χ1) is 13.3. The Morgan fingerprint density at radius 1 is 1.32 bits per heavy atom. The van der Waals surface area contributed by atoms with Crippen molar-refractivity contribution in [2.45, 2.75) is 37.3 Å². The Kier molecular flexibility index (Phi) is 4.64. The fourth-order valence-electron chi connectivity index (χ4n) is 3.72. The lowest BCUT2D eigenvalue weighted by Gasteiger charge is -2.31. The van der Waals surface area contributed by atoms with E-state index in [2.05, 4.69) is 4.98 Å². The van der Waals surface area contributed by atoms with Crippen LogP contribution in [0.3, 0.4) is 0 Å². The molecule has 0 amide bonds. The molecular formula is C18H19F3N4O3. The van der Waals surface area contributed by atoms with Crippen molar-refractivity contribution in [1.82, 2.24) is 14.5 Å². The lowest BCUT2D eigenvalue weighted by Crippen LogP contribution is -2.44. The lowest BCUT2D eigenvalue weighted by atomic mass is 9.99. The van der Waals surface area contributed by atoms with Gasteiger partial charge in [0, 0.05) is 25.8 Å². The van der Waals surface area contributed by atoms with Crippen LogP contribution in [0, 0.1) is 5.82 Å². The number of halogens is 3. The first kappa shape index (κ1) is 18.9. The highest BCUT2D eigenvalue weighted by atomic mass is 19.3. The standard InChI is InChI=1S/C18H19F3N4O3/c19-12-2-1-10-3-5-24(8-11(10)7-12)9-13-15(26)18(20,21)16(28-13)25-6-4-14(22)23-17(25)27/h1-2,4,6-7,13,15-16,26H,3,5,8-9H2,(H2,22,23,27)/t13-,15-,16-/m1/s1. The average Bonchev–Trinajstić information content (AvgIpc) is 2.85. The van der Waals surface area contributed by atoms with E-state index >= 15 is 0 Å². The zero-order valence-corrected chi connectivity index (χ0v) is 14.8. The molecule has 1 saturated heterocycles. The van der Waals surface area contributed by atoms with E-state index in [1.165, 1.54) is 18.2 Å². The fraction of sp³-hybridized carbons (Fsp3) is 0.444. The largest absolute Gasteiger partial charge is 0.384 e. The lowest BCUT2D eigenvalue weighted by molar-refractivity contribution is -0.140. The maximum Gasteiger partial charge on any atom is 0.351 e. The minimum atomic E-state index is -3.69. The van der Waals surface area contributed by atoms with Crippen molar-refractivity contribution >= 4 is 5.82 Å². The summed E-state index contributed by atoms with van der Waals surface area (Å²) < 4.78 is 48.7. The second-order valence-corrected chi connectivity index (χ2v) is 7.09. The van der Waals surface area contributed by atoms with Gasteiger partial charge >= 0.3 is 11.6 Å². The van der Waals surface area contributed by atoms with E-state index in [-0.39, 0.29) is 18.2 Å². The highest BCUT2D eigenvalue weighted by Gasteiger charge is 2.59. The number of alkyl halides is 2. The maximum absolute atomic E-state index is 14.6. The topological polar surface area (TPSA) is 93.6 Å². The summed E-state index contributed by atoms with van der Waals surface area (Å²) in [5.41, 5.74) is 6.19. The molecule has 2 aliphatic heterocycles. The first-order valence-corrected chi connectivity index (χ1v) is 8.81. The van der Waals surface area contributed by atoms with Crippen LogP contribution in [0.5, 0.6) is 0 Å². The summed E-state index contributed by atoms with van der Waals surface area (Å²) in [6.45, 7) is 0.935. The fourth-order valence-corrected chi connectivity index (χ4v) is 3.72. The van der Waals surface area contributed by atoms with Crippen LogP contribution >= 0.6 is 0 Å². The third-order valence-electron chi connectivity index (χ3n) is 5.18. The van der Waals surface area contributed by atoms with Gasteiger partial charge in [0.25, 0.3) is 0 Å². The summed E-state index contributed by atoms with van der Waals surface area (Å²) in [6.07, 6.45) is -3.60. The third kappa shape index (κ3) is 3.27. The summed E-state index contributed by atoms with van der Waals surface area (Å²) in [5.74, 6) is -4.15. The summed E-state index contributed by atoms with van der Waals surface area (Å²) >= 11 is 0. The van der Waals surface area contributed by atoms with Crippen LogP contribution in [-0.4, -0.2) is 50.8 Å². The Labute approximate surface area is 158 Å². The Hall–Kier alpha value is -2.43. The van der Waals surface area contributed by atoms with Crippen molar-refractivity contribution < 1.29 is 23.0 Å². The van der Waals surface area contributed by atoms with Crippen molar-refractivity contribution in [1.29, 1.82) is 0 Å². The van der Waals surface area contributed by atoms with E-state index in [1.54, 1.807) is 6.07 Å². The van der Waals surface area contributed by atoms with Gasteiger partial charge in [-0.1, -0.05) is 6.07 Å². The molecule has 0 unspecified atom stereocenters. The van der Waals surface area contributed by atoms with Gasteiger partial charge in [0.1, 0.15) is 23.8 Å². The Morgan fingerprint density at radius 2 is 2.11 bits per heavy atom. The molecule has 2 aliphatic rings. The van der Waals surface area contributed by atoms with Crippen molar-refractivity contribution in [3.05, 3.63) is 57.9 Å². The highest BCUT2D eigenvalue weighted by Crippen LogP contribution is 2.42. The van der Waals surface area contributed by atoms with Gasteiger partial charge in [-0.05, 0) is 35.7 Å². The summed E-state index contributed by atoms with van der Waals surface area (Å²) in [7, 11) is 0. The normalized spacial score (nSPS) is 26.9. The van der Waals surface area contributed by atoms with Gasteiger partial charge in [-0.25, -0.2) is 9.18 Å². The smallest absolute Gasteiger partial charge is 0.351 e. The molecule has 3 atom stereocenters. The molecule has 0 aliphatic carbocycles. The van der Waals surface area contributed by atoms with Crippen molar-refractivity contribution in [3.8, 4) is 0 Å².